The minimum absolute atomic E-state index is 0.0650. The first kappa shape index (κ1) is 26.4. The number of hydrogen-bond acceptors (Lipinski definition) is 5. The van der Waals surface area contributed by atoms with E-state index in [2.05, 4.69) is 0 Å². The van der Waals surface area contributed by atoms with Crippen LogP contribution in [0.25, 0.3) is 0 Å². The quantitative estimate of drug-likeness (QED) is 0.308. The van der Waals surface area contributed by atoms with Crippen molar-refractivity contribution in [3.05, 3.63) is 69.8 Å². The van der Waals surface area contributed by atoms with Gasteiger partial charge in [0.2, 0.25) is 11.8 Å². The summed E-state index contributed by atoms with van der Waals surface area (Å²) in [6, 6.07) is 10.1. The molecule has 3 fully saturated rings. The molecular weight excluding hydrogens is 563 g/mol. The van der Waals surface area contributed by atoms with Crippen molar-refractivity contribution in [2.75, 3.05) is 11.9 Å². The van der Waals surface area contributed by atoms with Crippen LogP contribution in [-0.4, -0.2) is 50.4 Å². The topological polar surface area (TPSA) is 95.0 Å². The molecular formula is C29H25Cl3N2O5. The van der Waals surface area contributed by atoms with Crippen molar-refractivity contribution in [3.63, 3.8) is 0 Å². The van der Waals surface area contributed by atoms with Gasteiger partial charge in [-0.3, -0.25) is 24.1 Å². The van der Waals surface area contributed by atoms with Gasteiger partial charge >= 0.3 is 0 Å². The molecule has 2 aliphatic carbocycles. The Morgan fingerprint density at radius 1 is 0.949 bits per heavy atom. The van der Waals surface area contributed by atoms with Gasteiger partial charge in [0.25, 0.3) is 11.8 Å². The normalized spacial score (nSPS) is 33.7. The Morgan fingerprint density at radius 3 is 2.36 bits per heavy atom. The Morgan fingerprint density at radius 2 is 1.67 bits per heavy atom. The van der Waals surface area contributed by atoms with Crippen LogP contribution in [0.1, 0.15) is 35.4 Å². The van der Waals surface area contributed by atoms with Gasteiger partial charge in [-0.2, -0.15) is 0 Å². The summed E-state index contributed by atoms with van der Waals surface area (Å²) in [5.41, 5.74) is 2.72. The van der Waals surface area contributed by atoms with E-state index in [1.165, 1.54) is 7.05 Å². The minimum Gasteiger partial charge on any atom is -0.507 e. The van der Waals surface area contributed by atoms with Crippen molar-refractivity contribution in [1.29, 1.82) is 0 Å². The fraction of sp³-hybridized carbons (Fsp3) is 0.379. The van der Waals surface area contributed by atoms with E-state index in [4.69, 9.17) is 34.8 Å². The molecule has 4 amide bonds. The highest BCUT2D eigenvalue weighted by atomic mass is 35.5. The number of alkyl halides is 2. The van der Waals surface area contributed by atoms with E-state index in [-0.39, 0.29) is 24.5 Å². The number of likely N-dealkylation sites (tertiary alicyclic amines) is 1. The summed E-state index contributed by atoms with van der Waals surface area (Å²) in [6.07, 6.45) is 1.97. The van der Waals surface area contributed by atoms with Crippen LogP contribution in [-0.2, 0) is 19.2 Å². The van der Waals surface area contributed by atoms with E-state index in [0.29, 0.717) is 27.4 Å². The number of anilines is 1. The van der Waals surface area contributed by atoms with Gasteiger partial charge in [-0.25, -0.2) is 4.90 Å². The molecule has 6 atom stereocenters. The molecule has 1 N–H and O–H groups in total. The van der Waals surface area contributed by atoms with E-state index < -0.39 is 51.1 Å². The Hall–Kier alpha value is -2.87. The first-order valence-corrected chi connectivity index (χ1v) is 13.8. The lowest BCUT2D eigenvalue weighted by Gasteiger charge is -2.50. The summed E-state index contributed by atoms with van der Waals surface area (Å²) in [4.78, 5) is 53.0. The second-order valence-corrected chi connectivity index (χ2v) is 12.6. The lowest BCUT2D eigenvalue weighted by molar-refractivity contribution is -0.138. The number of aryl methyl sites for hydroxylation is 2. The number of nitrogens with zero attached hydrogens (tertiary/aromatic N) is 2. The molecule has 4 aliphatic rings. The second kappa shape index (κ2) is 8.56. The molecule has 0 radical (unpaired) electrons. The van der Waals surface area contributed by atoms with Gasteiger partial charge in [-0.05, 0) is 55.9 Å². The van der Waals surface area contributed by atoms with Crippen molar-refractivity contribution in [3.8, 4) is 5.75 Å². The number of imide groups is 2. The van der Waals surface area contributed by atoms with Crippen molar-refractivity contribution in [2.24, 2.45) is 17.8 Å². The number of hydrogen-bond donors (Lipinski definition) is 1. The molecule has 2 aromatic carbocycles. The number of rotatable bonds is 2. The minimum atomic E-state index is -1.93. The fourth-order valence-electron chi connectivity index (χ4n) is 6.98. The molecule has 6 rings (SSSR count). The standard InChI is InChI=1S/C29H25Cl3N2O5/c1-13-7-8-15(11-20(13)30)34-24(36)17-10-9-16-19(21(17)25(34)37)12-28(31)26(38)33(3)27(39)29(28,32)22(16)18-6-4-5-14(2)23(18)35/h4-9,11,17,19,21-22,35H,10,12H2,1-3H3. The maximum atomic E-state index is 14.0. The number of phenolic OH excluding ortho intramolecular Hbond substituents is 1. The van der Waals surface area contributed by atoms with Crippen LogP contribution in [0.2, 0.25) is 5.02 Å². The average molecular weight is 588 g/mol. The van der Waals surface area contributed by atoms with Crippen LogP contribution in [0.4, 0.5) is 5.69 Å². The number of benzene rings is 2. The van der Waals surface area contributed by atoms with Crippen LogP contribution in [0.15, 0.2) is 48.0 Å². The monoisotopic (exact) mass is 586 g/mol. The number of amides is 4. The van der Waals surface area contributed by atoms with Gasteiger partial charge in [0.1, 0.15) is 5.75 Å². The number of allylic oxidation sites excluding steroid dienone is 2. The third kappa shape index (κ3) is 3.24. The Bertz CT molecular complexity index is 1540. The van der Waals surface area contributed by atoms with Crippen LogP contribution >= 0.6 is 34.8 Å². The molecule has 39 heavy (non-hydrogen) atoms. The third-order valence-electron chi connectivity index (χ3n) is 9.01. The molecule has 0 bridgehead atoms. The summed E-state index contributed by atoms with van der Waals surface area (Å²) >= 11 is 20.6. The van der Waals surface area contributed by atoms with E-state index in [1.54, 1.807) is 43.3 Å². The zero-order chi connectivity index (χ0) is 28.2. The highest BCUT2D eigenvalue weighted by molar-refractivity contribution is 6.53. The summed E-state index contributed by atoms with van der Waals surface area (Å²) in [5, 5.41) is 11.5. The molecule has 0 aromatic heterocycles. The van der Waals surface area contributed by atoms with Crippen molar-refractivity contribution in [2.45, 2.75) is 42.4 Å². The predicted molar refractivity (Wildman–Crippen MR) is 147 cm³/mol. The number of halogens is 3. The first-order chi connectivity index (χ1) is 18.3. The smallest absolute Gasteiger partial charge is 0.253 e. The molecule has 202 valence electrons. The summed E-state index contributed by atoms with van der Waals surface area (Å²) in [6.45, 7) is 3.55. The molecule has 2 saturated heterocycles. The lowest BCUT2D eigenvalue weighted by Crippen LogP contribution is -2.60. The number of aromatic hydroxyl groups is 1. The summed E-state index contributed by atoms with van der Waals surface area (Å²) in [7, 11) is 1.33. The SMILES string of the molecule is Cc1ccc(N2C(=O)C3CC=C4C(CC5(Cl)C(=O)N(C)C(=O)C5(Cl)C4c4cccc(C)c4O)C3C2=O)cc1Cl. The van der Waals surface area contributed by atoms with Gasteiger partial charge in [0.05, 0.1) is 17.5 Å². The predicted octanol–water partition coefficient (Wildman–Crippen LogP) is 4.86. The van der Waals surface area contributed by atoms with E-state index >= 15 is 0 Å². The van der Waals surface area contributed by atoms with Crippen LogP contribution in [0.5, 0.6) is 5.75 Å². The summed E-state index contributed by atoms with van der Waals surface area (Å²) in [5.74, 6) is -5.32. The van der Waals surface area contributed by atoms with Crippen LogP contribution < -0.4 is 4.90 Å². The molecule has 2 heterocycles. The van der Waals surface area contributed by atoms with E-state index in [9.17, 15) is 24.3 Å². The Labute approximate surface area is 240 Å². The molecule has 10 heteroatoms. The first-order valence-electron chi connectivity index (χ1n) is 12.7. The lowest BCUT2D eigenvalue weighted by atomic mass is 9.56. The maximum Gasteiger partial charge on any atom is 0.253 e. The molecule has 0 spiro atoms. The van der Waals surface area contributed by atoms with Crippen molar-refractivity contribution < 1.29 is 24.3 Å². The zero-order valence-corrected chi connectivity index (χ0v) is 23.6. The molecule has 1 saturated carbocycles. The molecule has 2 aromatic rings. The van der Waals surface area contributed by atoms with Gasteiger partial charge in [0.15, 0.2) is 9.75 Å². The van der Waals surface area contributed by atoms with Crippen LogP contribution in [0, 0.1) is 31.6 Å². The number of carbonyl (C=O) groups is 4. The third-order valence-corrected chi connectivity index (χ3v) is 10.8. The van der Waals surface area contributed by atoms with E-state index in [1.807, 2.05) is 13.0 Å². The number of phenols is 1. The van der Waals surface area contributed by atoms with Crippen molar-refractivity contribution >= 4 is 64.1 Å². The average Bonchev–Trinajstić information content (AvgIpc) is 3.23. The number of carbonyl (C=O) groups excluding carboxylic acids is 4. The Balaban J connectivity index is 1.53. The Kier molecular flexibility index (Phi) is 5.79. The van der Waals surface area contributed by atoms with Gasteiger partial charge in [-0.15, -0.1) is 23.2 Å². The zero-order valence-electron chi connectivity index (χ0n) is 21.4. The van der Waals surface area contributed by atoms with E-state index in [0.717, 1.165) is 15.4 Å². The number of fused-ring (bicyclic) bond motifs is 4. The maximum absolute atomic E-state index is 14.0. The fourth-order valence-corrected chi connectivity index (χ4v) is 8.17. The van der Waals surface area contributed by atoms with Gasteiger partial charge in [-0.1, -0.05) is 47.5 Å². The van der Waals surface area contributed by atoms with Crippen molar-refractivity contribution in [1.82, 2.24) is 4.90 Å². The second-order valence-electron chi connectivity index (χ2n) is 11.0. The summed E-state index contributed by atoms with van der Waals surface area (Å²) < 4.78 is 0. The highest BCUT2D eigenvalue weighted by Gasteiger charge is 2.76. The molecule has 7 nitrogen and oxygen atoms in total. The van der Waals surface area contributed by atoms with Crippen LogP contribution in [0.3, 0.4) is 0 Å². The van der Waals surface area contributed by atoms with Gasteiger partial charge in [0, 0.05) is 23.6 Å². The van der Waals surface area contributed by atoms with Gasteiger partial charge < -0.3 is 5.11 Å². The number of para-hydroxylation sites is 1. The molecule has 2 aliphatic heterocycles. The molecule has 6 unspecified atom stereocenters. The largest absolute Gasteiger partial charge is 0.507 e. The highest BCUT2D eigenvalue weighted by Crippen LogP contribution is 2.66.